The molecule has 0 bridgehead atoms. The molecular formula is C26H33FN4O. The van der Waals surface area contributed by atoms with E-state index in [-0.39, 0.29) is 17.1 Å². The van der Waals surface area contributed by atoms with E-state index in [4.69, 9.17) is 4.99 Å². The first-order valence-electron chi connectivity index (χ1n) is 11.8. The van der Waals surface area contributed by atoms with Crippen molar-refractivity contribution < 1.29 is 9.18 Å². The topological polar surface area (TPSA) is 56.7 Å². The molecule has 2 aromatic carbocycles. The number of hydrogen-bond acceptors (Lipinski definition) is 2. The first kappa shape index (κ1) is 22.3. The molecule has 2 aromatic rings. The minimum absolute atomic E-state index is 0.123. The number of hydrogen-bond donors (Lipinski definition) is 2. The fourth-order valence-corrected chi connectivity index (χ4v) is 4.38. The molecule has 2 aliphatic rings. The van der Waals surface area contributed by atoms with Crippen molar-refractivity contribution in [3.63, 3.8) is 0 Å². The molecule has 6 heteroatoms. The number of nitrogens with one attached hydrogen (secondary N) is 2. The summed E-state index contributed by atoms with van der Waals surface area (Å²) < 4.78 is 14.3. The molecule has 1 amide bonds. The van der Waals surface area contributed by atoms with Crippen molar-refractivity contribution in [3.05, 3.63) is 71.0 Å². The molecule has 1 aliphatic heterocycles. The summed E-state index contributed by atoms with van der Waals surface area (Å²) in [5, 5.41) is 6.68. The molecule has 1 saturated heterocycles. The van der Waals surface area contributed by atoms with E-state index >= 15 is 0 Å². The van der Waals surface area contributed by atoms with Crippen LogP contribution < -0.4 is 10.6 Å². The molecule has 0 radical (unpaired) electrons. The Morgan fingerprint density at radius 1 is 1.03 bits per heavy atom. The lowest BCUT2D eigenvalue weighted by atomic mass is 9.95. The predicted molar refractivity (Wildman–Crippen MR) is 126 cm³/mol. The summed E-state index contributed by atoms with van der Waals surface area (Å²) in [5.41, 5.74) is 2.44. The van der Waals surface area contributed by atoms with Gasteiger partial charge >= 0.3 is 0 Å². The van der Waals surface area contributed by atoms with Gasteiger partial charge in [0, 0.05) is 37.2 Å². The highest BCUT2D eigenvalue weighted by Crippen LogP contribution is 2.48. The van der Waals surface area contributed by atoms with Gasteiger partial charge < -0.3 is 15.5 Å². The summed E-state index contributed by atoms with van der Waals surface area (Å²) in [6.07, 6.45) is 5.36. The molecule has 0 spiro atoms. The fourth-order valence-electron chi connectivity index (χ4n) is 4.38. The van der Waals surface area contributed by atoms with Crippen molar-refractivity contribution in [1.29, 1.82) is 0 Å². The average Bonchev–Trinajstić information content (AvgIpc) is 3.62. The molecule has 1 aliphatic carbocycles. The zero-order valence-corrected chi connectivity index (χ0v) is 18.9. The van der Waals surface area contributed by atoms with Gasteiger partial charge in [0.25, 0.3) is 5.91 Å². The first-order valence-corrected chi connectivity index (χ1v) is 11.8. The minimum Gasteiger partial charge on any atom is -0.357 e. The third-order valence-corrected chi connectivity index (χ3v) is 6.50. The Morgan fingerprint density at radius 2 is 1.75 bits per heavy atom. The Morgan fingerprint density at radius 3 is 2.41 bits per heavy atom. The van der Waals surface area contributed by atoms with Gasteiger partial charge in [0.15, 0.2) is 5.96 Å². The lowest BCUT2D eigenvalue weighted by molar-refractivity contribution is 0.0724. The Kier molecular flexibility index (Phi) is 7.08. The molecule has 5 nitrogen and oxygen atoms in total. The molecule has 4 rings (SSSR count). The highest BCUT2D eigenvalue weighted by Gasteiger charge is 2.45. The summed E-state index contributed by atoms with van der Waals surface area (Å²) >= 11 is 0. The number of benzene rings is 2. The van der Waals surface area contributed by atoms with E-state index < -0.39 is 0 Å². The quantitative estimate of drug-likeness (QED) is 0.504. The van der Waals surface area contributed by atoms with Crippen LogP contribution in [0.25, 0.3) is 0 Å². The van der Waals surface area contributed by atoms with E-state index in [1.165, 1.54) is 12.5 Å². The van der Waals surface area contributed by atoms with Crippen molar-refractivity contribution in [2.24, 2.45) is 4.99 Å². The maximum absolute atomic E-state index is 14.3. The fraction of sp³-hybridized carbons (Fsp3) is 0.462. The third-order valence-electron chi connectivity index (χ3n) is 6.50. The third kappa shape index (κ3) is 5.29. The number of nitrogens with zero attached hydrogens (tertiary/aromatic N) is 2. The highest BCUT2D eigenvalue weighted by atomic mass is 19.1. The molecule has 0 atom stereocenters. The van der Waals surface area contributed by atoms with Crippen LogP contribution in [-0.4, -0.2) is 42.9 Å². The lowest BCUT2D eigenvalue weighted by Crippen LogP contribution is -2.41. The van der Waals surface area contributed by atoms with Crippen LogP contribution >= 0.6 is 0 Å². The Hall–Kier alpha value is -2.89. The minimum atomic E-state index is -0.141. The maximum Gasteiger partial charge on any atom is 0.253 e. The Labute approximate surface area is 190 Å². The van der Waals surface area contributed by atoms with Crippen LogP contribution in [0.15, 0.2) is 53.5 Å². The molecular weight excluding hydrogens is 403 g/mol. The second-order valence-electron chi connectivity index (χ2n) is 8.86. The Bertz CT molecular complexity index is 947. The summed E-state index contributed by atoms with van der Waals surface area (Å²) in [6.45, 7) is 5.67. The standard InChI is InChI=1S/C26H33FN4O/c1-2-28-25(30-19-26(14-15-26)22-8-4-5-9-23(22)27)29-18-20-10-12-21(13-11-20)24(32)31-16-6-3-7-17-31/h4-5,8-13H,2-3,6-7,14-19H2,1H3,(H2,28,29,30). The smallest absolute Gasteiger partial charge is 0.253 e. The normalized spacial score (nSPS) is 17.7. The molecule has 2 fully saturated rings. The lowest BCUT2D eigenvalue weighted by Gasteiger charge is -2.26. The number of carbonyl (C=O) groups is 1. The molecule has 170 valence electrons. The molecule has 1 heterocycles. The molecule has 0 unspecified atom stereocenters. The van der Waals surface area contributed by atoms with E-state index in [0.717, 1.165) is 68.0 Å². The second-order valence-corrected chi connectivity index (χ2v) is 8.86. The van der Waals surface area contributed by atoms with E-state index in [0.29, 0.717) is 13.1 Å². The molecule has 2 N–H and O–H groups in total. The van der Waals surface area contributed by atoms with Gasteiger partial charge in [0.05, 0.1) is 6.54 Å². The van der Waals surface area contributed by atoms with Gasteiger partial charge in [-0.05, 0) is 68.4 Å². The summed E-state index contributed by atoms with van der Waals surface area (Å²) in [7, 11) is 0. The zero-order valence-electron chi connectivity index (χ0n) is 18.9. The SMILES string of the molecule is CCNC(=NCc1ccc(C(=O)N2CCCCC2)cc1)NCC1(c2ccccc2F)CC1. The van der Waals surface area contributed by atoms with E-state index in [2.05, 4.69) is 10.6 Å². The van der Waals surface area contributed by atoms with Crippen LogP contribution in [0.4, 0.5) is 4.39 Å². The predicted octanol–water partition coefficient (Wildman–Crippen LogP) is 4.24. The van der Waals surface area contributed by atoms with Crippen LogP contribution in [0.3, 0.4) is 0 Å². The number of amides is 1. The maximum atomic E-state index is 14.3. The van der Waals surface area contributed by atoms with Gasteiger partial charge in [0.2, 0.25) is 0 Å². The summed E-state index contributed by atoms with van der Waals surface area (Å²) in [5.74, 6) is 0.717. The van der Waals surface area contributed by atoms with Crippen molar-refractivity contribution >= 4 is 11.9 Å². The van der Waals surface area contributed by atoms with Crippen LogP contribution in [0.2, 0.25) is 0 Å². The Balaban J connectivity index is 1.36. The first-order chi connectivity index (χ1) is 15.6. The molecule has 0 aromatic heterocycles. The van der Waals surface area contributed by atoms with Crippen molar-refractivity contribution in [2.75, 3.05) is 26.2 Å². The van der Waals surface area contributed by atoms with Gasteiger partial charge in [-0.25, -0.2) is 9.38 Å². The van der Waals surface area contributed by atoms with Gasteiger partial charge in [-0.2, -0.15) is 0 Å². The van der Waals surface area contributed by atoms with Crippen LogP contribution in [0.1, 0.15) is 60.5 Å². The van der Waals surface area contributed by atoms with Gasteiger partial charge in [-0.3, -0.25) is 4.79 Å². The highest BCUT2D eigenvalue weighted by molar-refractivity contribution is 5.94. The van der Waals surface area contributed by atoms with Crippen molar-refractivity contribution in [3.8, 4) is 0 Å². The number of rotatable bonds is 7. The number of halogens is 1. The molecule has 32 heavy (non-hydrogen) atoms. The van der Waals surface area contributed by atoms with Crippen molar-refractivity contribution in [1.82, 2.24) is 15.5 Å². The van der Waals surface area contributed by atoms with Crippen LogP contribution in [-0.2, 0) is 12.0 Å². The van der Waals surface area contributed by atoms with Crippen LogP contribution in [0, 0.1) is 5.82 Å². The van der Waals surface area contributed by atoms with E-state index in [1.807, 2.05) is 48.2 Å². The van der Waals surface area contributed by atoms with Gasteiger partial charge in [-0.1, -0.05) is 30.3 Å². The number of guanidine groups is 1. The largest absolute Gasteiger partial charge is 0.357 e. The summed E-state index contributed by atoms with van der Waals surface area (Å²) in [6, 6.07) is 14.8. The number of aliphatic imine (C=N–C) groups is 1. The van der Waals surface area contributed by atoms with E-state index in [9.17, 15) is 9.18 Å². The number of likely N-dealkylation sites (tertiary alicyclic amines) is 1. The average molecular weight is 437 g/mol. The van der Waals surface area contributed by atoms with Crippen molar-refractivity contribution in [2.45, 2.75) is 51.0 Å². The number of piperidine rings is 1. The number of carbonyl (C=O) groups excluding carboxylic acids is 1. The van der Waals surface area contributed by atoms with E-state index in [1.54, 1.807) is 6.07 Å². The monoisotopic (exact) mass is 436 g/mol. The van der Waals surface area contributed by atoms with Crippen LogP contribution in [0.5, 0.6) is 0 Å². The second kappa shape index (κ2) is 10.2. The zero-order chi connectivity index (χ0) is 22.4. The van der Waals surface area contributed by atoms with Gasteiger partial charge in [0.1, 0.15) is 5.82 Å². The van der Waals surface area contributed by atoms with Gasteiger partial charge in [-0.15, -0.1) is 0 Å². The molecule has 1 saturated carbocycles. The summed E-state index contributed by atoms with van der Waals surface area (Å²) in [4.78, 5) is 19.3.